The van der Waals surface area contributed by atoms with Crippen molar-refractivity contribution in [2.24, 2.45) is 5.92 Å². The zero-order valence-electron chi connectivity index (χ0n) is 12.1. The Kier molecular flexibility index (Phi) is 5.34. The summed E-state index contributed by atoms with van der Waals surface area (Å²) < 4.78 is 42.3. The van der Waals surface area contributed by atoms with Crippen molar-refractivity contribution in [1.29, 1.82) is 0 Å². The molecule has 3 nitrogen and oxygen atoms in total. The second kappa shape index (κ2) is 6.87. The molecular formula is C15H17ClF3NO2. The van der Waals surface area contributed by atoms with Crippen molar-refractivity contribution in [2.45, 2.75) is 25.9 Å². The van der Waals surface area contributed by atoms with Crippen LogP contribution < -0.4 is 4.74 Å². The Labute approximate surface area is 132 Å². The van der Waals surface area contributed by atoms with Gasteiger partial charge in [0.2, 0.25) is 0 Å². The molecule has 0 radical (unpaired) electrons. The van der Waals surface area contributed by atoms with E-state index in [-0.39, 0.29) is 19.0 Å². The summed E-state index contributed by atoms with van der Waals surface area (Å²) in [5.74, 6) is -0.316. The van der Waals surface area contributed by atoms with Gasteiger partial charge in [0.25, 0.3) is 0 Å². The summed E-state index contributed by atoms with van der Waals surface area (Å²) in [5.41, 5.74) is 0.746. The summed E-state index contributed by atoms with van der Waals surface area (Å²) in [6, 6.07) is 4.94. The van der Waals surface area contributed by atoms with Crippen LogP contribution in [0.1, 0.15) is 18.4 Å². The van der Waals surface area contributed by atoms with Crippen LogP contribution in [0.5, 0.6) is 5.75 Å². The first kappa shape index (κ1) is 17.1. The molecule has 0 aliphatic carbocycles. The van der Waals surface area contributed by atoms with Gasteiger partial charge in [-0.15, -0.1) is 0 Å². The van der Waals surface area contributed by atoms with Crippen molar-refractivity contribution in [2.75, 3.05) is 19.6 Å². The molecule has 1 aliphatic rings. The second-order valence-corrected chi connectivity index (χ2v) is 5.93. The minimum atomic E-state index is -4.20. The van der Waals surface area contributed by atoms with Gasteiger partial charge in [-0.1, -0.05) is 11.6 Å². The van der Waals surface area contributed by atoms with E-state index in [0.717, 1.165) is 5.56 Å². The Morgan fingerprint density at radius 1 is 1.36 bits per heavy atom. The first-order chi connectivity index (χ1) is 10.2. The molecule has 1 aromatic rings. The largest absolute Gasteiger partial charge is 0.426 e. The molecule has 122 valence electrons. The monoisotopic (exact) mass is 335 g/mol. The zero-order chi connectivity index (χ0) is 16.3. The van der Waals surface area contributed by atoms with Crippen LogP contribution in [0.3, 0.4) is 0 Å². The van der Waals surface area contributed by atoms with Crippen LogP contribution in [-0.4, -0.2) is 36.7 Å². The Morgan fingerprint density at radius 3 is 2.55 bits per heavy atom. The predicted octanol–water partition coefficient (Wildman–Crippen LogP) is 3.83. The maximum absolute atomic E-state index is 12.3. The van der Waals surface area contributed by atoms with Gasteiger partial charge in [0.05, 0.1) is 12.5 Å². The molecule has 0 bridgehead atoms. The number of esters is 1. The molecule has 2 rings (SSSR count). The quantitative estimate of drug-likeness (QED) is 0.621. The highest BCUT2D eigenvalue weighted by Crippen LogP contribution is 2.26. The number of aryl methyl sites for hydroxylation is 1. The number of hydrogen-bond donors (Lipinski definition) is 0. The zero-order valence-corrected chi connectivity index (χ0v) is 12.9. The fourth-order valence-corrected chi connectivity index (χ4v) is 2.73. The minimum absolute atomic E-state index is 0.249. The molecule has 1 saturated heterocycles. The van der Waals surface area contributed by atoms with Gasteiger partial charge in [-0.05, 0) is 56.6 Å². The number of rotatable bonds is 3. The third-order valence-corrected chi connectivity index (χ3v) is 3.91. The second-order valence-electron chi connectivity index (χ2n) is 5.50. The number of halogens is 4. The molecule has 0 saturated carbocycles. The van der Waals surface area contributed by atoms with E-state index in [4.69, 9.17) is 16.3 Å². The molecule has 1 aliphatic heterocycles. The van der Waals surface area contributed by atoms with Crippen molar-refractivity contribution in [3.63, 3.8) is 0 Å². The maximum atomic E-state index is 12.3. The van der Waals surface area contributed by atoms with Crippen LogP contribution in [0, 0.1) is 12.8 Å². The number of likely N-dealkylation sites (tertiary alicyclic amines) is 1. The third kappa shape index (κ3) is 4.88. The van der Waals surface area contributed by atoms with Crippen LogP contribution in [0.4, 0.5) is 13.2 Å². The van der Waals surface area contributed by atoms with Crippen molar-refractivity contribution in [3.05, 3.63) is 28.8 Å². The van der Waals surface area contributed by atoms with Crippen LogP contribution in [0.2, 0.25) is 5.02 Å². The minimum Gasteiger partial charge on any atom is -0.426 e. The van der Waals surface area contributed by atoms with E-state index in [0.29, 0.717) is 23.6 Å². The SMILES string of the molecule is Cc1cc(Cl)ccc1OC(=O)C1CCN(CC(F)(F)F)CC1. The highest BCUT2D eigenvalue weighted by atomic mass is 35.5. The van der Waals surface area contributed by atoms with E-state index in [1.165, 1.54) is 4.90 Å². The van der Waals surface area contributed by atoms with E-state index in [1.54, 1.807) is 25.1 Å². The Hall–Kier alpha value is -1.27. The molecule has 0 N–H and O–H groups in total. The standard InChI is InChI=1S/C15H17ClF3NO2/c1-10-8-12(16)2-3-13(10)22-14(21)11-4-6-20(7-5-11)9-15(17,18)19/h2-3,8,11H,4-7,9H2,1H3. The fourth-order valence-electron chi connectivity index (χ4n) is 2.50. The lowest BCUT2D eigenvalue weighted by Gasteiger charge is -2.31. The number of carbonyl (C=O) groups excluding carboxylic acids is 1. The van der Waals surface area contributed by atoms with Crippen LogP contribution in [-0.2, 0) is 4.79 Å². The molecule has 0 spiro atoms. The average Bonchev–Trinajstić information content (AvgIpc) is 2.41. The lowest BCUT2D eigenvalue weighted by molar-refractivity contribution is -0.151. The number of benzene rings is 1. The molecule has 0 atom stereocenters. The van der Waals surface area contributed by atoms with Gasteiger partial charge in [-0.25, -0.2) is 0 Å². The summed E-state index contributed by atoms with van der Waals surface area (Å²) in [6.07, 6.45) is -3.45. The number of ether oxygens (including phenoxy) is 1. The van der Waals surface area contributed by atoms with E-state index in [9.17, 15) is 18.0 Å². The smallest absolute Gasteiger partial charge is 0.401 e. The normalized spacial score (nSPS) is 17.5. The first-order valence-corrected chi connectivity index (χ1v) is 7.39. The number of piperidine rings is 1. The van der Waals surface area contributed by atoms with E-state index in [1.807, 2.05) is 0 Å². The van der Waals surface area contributed by atoms with Gasteiger partial charge < -0.3 is 4.74 Å². The molecule has 1 heterocycles. The van der Waals surface area contributed by atoms with Gasteiger partial charge in [0, 0.05) is 5.02 Å². The molecule has 1 fully saturated rings. The molecular weight excluding hydrogens is 319 g/mol. The molecule has 0 amide bonds. The van der Waals surface area contributed by atoms with Gasteiger partial charge in [-0.3, -0.25) is 9.69 Å². The fraction of sp³-hybridized carbons (Fsp3) is 0.533. The van der Waals surface area contributed by atoms with Gasteiger partial charge in [-0.2, -0.15) is 13.2 Å². The van der Waals surface area contributed by atoms with Crippen LogP contribution in [0.25, 0.3) is 0 Å². The van der Waals surface area contributed by atoms with Crippen molar-refractivity contribution >= 4 is 17.6 Å². The van der Waals surface area contributed by atoms with Crippen molar-refractivity contribution in [1.82, 2.24) is 4.90 Å². The molecule has 0 unspecified atom stereocenters. The van der Waals surface area contributed by atoms with E-state index in [2.05, 4.69) is 0 Å². The first-order valence-electron chi connectivity index (χ1n) is 7.01. The third-order valence-electron chi connectivity index (χ3n) is 3.67. The van der Waals surface area contributed by atoms with Crippen molar-refractivity contribution < 1.29 is 22.7 Å². The summed E-state index contributed by atoms with van der Waals surface area (Å²) in [6.45, 7) is 1.35. The topological polar surface area (TPSA) is 29.5 Å². The Morgan fingerprint density at radius 2 is 2.00 bits per heavy atom. The molecule has 22 heavy (non-hydrogen) atoms. The molecule has 0 aromatic heterocycles. The molecule has 1 aromatic carbocycles. The lowest BCUT2D eigenvalue weighted by atomic mass is 9.97. The highest BCUT2D eigenvalue weighted by Gasteiger charge is 2.34. The number of carbonyl (C=O) groups is 1. The van der Waals surface area contributed by atoms with Gasteiger partial charge in [0.15, 0.2) is 0 Å². The van der Waals surface area contributed by atoms with Crippen molar-refractivity contribution in [3.8, 4) is 5.75 Å². The van der Waals surface area contributed by atoms with Gasteiger partial charge >= 0.3 is 12.1 Å². The Bertz CT molecular complexity index is 540. The van der Waals surface area contributed by atoms with Crippen LogP contribution >= 0.6 is 11.6 Å². The number of hydrogen-bond acceptors (Lipinski definition) is 3. The average molecular weight is 336 g/mol. The lowest BCUT2D eigenvalue weighted by Crippen LogP contribution is -2.42. The predicted molar refractivity (Wildman–Crippen MR) is 77.0 cm³/mol. The summed E-state index contributed by atoms with van der Waals surface area (Å²) in [5, 5.41) is 0.553. The highest BCUT2D eigenvalue weighted by molar-refractivity contribution is 6.30. The Balaban J connectivity index is 1.87. The molecule has 7 heteroatoms. The number of nitrogens with zero attached hydrogens (tertiary/aromatic N) is 1. The van der Waals surface area contributed by atoms with E-state index < -0.39 is 18.7 Å². The van der Waals surface area contributed by atoms with E-state index >= 15 is 0 Å². The summed E-state index contributed by atoms with van der Waals surface area (Å²) in [7, 11) is 0. The number of alkyl halides is 3. The summed E-state index contributed by atoms with van der Waals surface area (Å²) >= 11 is 5.83. The maximum Gasteiger partial charge on any atom is 0.401 e. The van der Waals surface area contributed by atoms with Crippen LogP contribution in [0.15, 0.2) is 18.2 Å². The van der Waals surface area contributed by atoms with Gasteiger partial charge in [0.1, 0.15) is 5.75 Å². The summed E-state index contributed by atoms with van der Waals surface area (Å²) in [4.78, 5) is 13.4.